The Morgan fingerprint density at radius 3 is 2.75 bits per heavy atom. The molecule has 0 aliphatic carbocycles. The number of carbonyl (C=O) groups excluding carboxylic acids is 1. The van der Waals surface area contributed by atoms with Gasteiger partial charge in [-0.05, 0) is 52.0 Å². The first-order valence-electron chi connectivity index (χ1n) is 13.0. The van der Waals surface area contributed by atoms with Gasteiger partial charge in [-0.3, -0.25) is 9.48 Å². The SMILES string of the molecule is CC1=NN=C(C(=O)N2CC[C@H](Oc3ccc(-c4nccc(Nc5cnn(C(C)(C)C)c5)n4)cc3C#N)[C@H](F)C2)C1. The smallest absolute Gasteiger partial charge is 0.270 e. The summed E-state index contributed by atoms with van der Waals surface area (Å²) in [5, 5.41) is 25.2. The van der Waals surface area contributed by atoms with Gasteiger partial charge in [-0.25, -0.2) is 14.4 Å². The average Bonchev–Trinajstić information content (AvgIpc) is 3.59. The molecule has 0 saturated carbocycles. The molecule has 5 rings (SSSR count). The number of nitrogens with one attached hydrogen (secondary N) is 1. The lowest BCUT2D eigenvalue weighted by Crippen LogP contribution is -2.51. The van der Waals surface area contributed by atoms with E-state index in [4.69, 9.17) is 4.74 Å². The normalized spacial score (nSPS) is 19.1. The van der Waals surface area contributed by atoms with Gasteiger partial charge in [-0.2, -0.15) is 15.5 Å². The fourth-order valence-corrected chi connectivity index (χ4v) is 4.45. The molecule has 3 aromatic rings. The summed E-state index contributed by atoms with van der Waals surface area (Å²) in [6.45, 7) is 8.20. The zero-order chi connectivity index (χ0) is 28.4. The summed E-state index contributed by atoms with van der Waals surface area (Å²) >= 11 is 0. The standard InChI is InChI=1S/C28H30FN9O2/c1-17-11-22(36-35-17)27(39)37-10-8-24(21(29)16-37)40-23-6-5-18(12-19(23)13-30)26-31-9-7-25(34-26)33-20-14-32-38(15-20)28(2,3)4/h5-7,9,12,14-15,21,24H,8,10-11,16H2,1-4H3,(H,31,33,34)/t21-,24+/m1/s1. The Balaban J connectivity index is 1.25. The van der Waals surface area contributed by atoms with Crippen molar-refractivity contribution in [1.29, 1.82) is 5.26 Å². The monoisotopic (exact) mass is 543 g/mol. The minimum atomic E-state index is -1.42. The van der Waals surface area contributed by atoms with Crippen LogP contribution in [0.15, 0.2) is 53.1 Å². The quantitative estimate of drug-likeness (QED) is 0.491. The molecule has 1 aromatic carbocycles. The number of nitrogens with zero attached hydrogens (tertiary/aromatic N) is 8. The van der Waals surface area contributed by atoms with E-state index in [1.165, 1.54) is 4.90 Å². The molecule has 0 bridgehead atoms. The summed E-state index contributed by atoms with van der Waals surface area (Å²) in [5.74, 6) is 0.958. The fourth-order valence-electron chi connectivity index (χ4n) is 4.45. The minimum Gasteiger partial charge on any atom is -0.486 e. The van der Waals surface area contributed by atoms with Gasteiger partial charge in [0.1, 0.15) is 29.5 Å². The average molecular weight is 544 g/mol. The molecular weight excluding hydrogens is 513 g/mol. The van der Waals surface area contributed by atoms with Crippen molar-refractivity contribution in [3.63, 3.8) is 0 Å². The molecule has 1 N–H and O–H groups in total. The number of piperidine rings is 1. The predicted molar refractivity (Wildman–Crippen MR) is 148 cm³/mol. The van der Waals surface area contributed by atoms with Crippen molar-refractivity contribution in [1.82, 2.24) is 24.6 Å². The van der Waals surface area contributed by atoms with Crippen LogP contribution in [0.3, 0.4) is 0 Å². The molecule has 2 atom stereocenters. The predicted octanol–water partition coefficient (Wildman–Crippen LogP) is 4.25. The molecule has 2 aliphatic rings. The molecule has 4 heterocycles. The van der Waals surface area contributed by atoms with Gasteiger partial charge in [0.25, 0.3) is 5.91 Å². The molecule has 12 heteroatoms. The number of halogens is 1. The van der Waals surface area contributed by atoms with Crippen LogP contribution in [0.1, 0.15) is 46.1 Å². The molecule has 0 spiro atoms. The summed E-state index contributed by atoms with van der Waals surface area (Å²) in [7, 11) is 0. The molecule has 1 saturated heterocycles. The summed E-state index contributed by atoms with van der Waals surface area (Å²) in [6.07, 6.45) is 3.72. The lowest BCUT2D eigenvalue weighted by Gasteiger charge is -2.34. The molecule has 2 aliphatic heterocycles. The summed E-state index contributed by atoms with van der Waals surface area (Å²) < 4.78 is 22.9. The van der Waals surface area contributed by atoms with Crippen LogP contribution in [0.4, 0.5) is 15.9 Å². The van der Waals surface area contributed by atoms with E-state index in [1.807, 2.05) is 10.9 Å². The molecule has 2 aromatic heterocycles. The van der Waals surface area contributed by atoms with E-state index in [-0.39, 0.29) is 35.7 Å². The van der Waals surface area contributed by atoms with E-state index in [1.54, 1.807) is 43.6 Å². The maximum atomic E-state index is 15.1. The third-order valence-corrected chi connectivity index (χ3v) is 6.61. The van der Waals surface area contributed by atoms with Crippen LogP contribution in [-0.4, -0.2) is 67.3 Å². The van der Waals surface area contributed by atoms with Crippen LogP contribution in [0.2, 0.25) is 0 Å². The number of ether oxygens (including phenoxy) is 1. The summed E-state index contributed by atoms with van der Waals surface area (Å²) in [4.78, 5) is 23.0. The van der Waals surface area contributed by atoms with Crippen molar-refractivity contribution >= 4 is 28.8 Å². The maximum Gasteiger partial charge on any atom is 0.270 e. The number of alkyl halides is 1. The Hall–Kier alpha value is -4.66. The summed E-state index contributed by atoms with van der Waals surface area (Å²) in [6, 6.07) is 8.86. The van der Waals surface area contributed by atoms with E-state index < -0.39 is 12.3 Å². The Bertz CT molecular complexity index is 1530. The van der Waals surface area contributed by atoms with Gasteiger partial charge in [-0.1, -0.05) is 0 Å². The number of likely N-dealkylation sites (tertiary alicyclic amines) is 1. The van der Waals surface area contributed by atoms with E-state index in [0.29, 0.717) is 35.9 Å². The molecule has 1 fully saturated rings. The third-order valence-electron chi connectivity index (χ3n) is 6.61. The van der Waals surface area contributed by atoms with Crippen molar-refractivity contribution in [3.8, 4) is 23.2 Å². The first kappa shape index (κ1) is 26.9. The number of benzene rings is 1. The summed E-state index contributed by atoms with van der Waals surface area (Å²) in [5.41, 5.74) is 2.58. The second kappa shape index (κ2) is 10.8. The van der Waals surface area contributed by atoms with E-state index in [2.05, 4.69) is 57.4 Å². The van der Waals surface area contributed by atoms with Crippen molar-refractivity contribution < 1.29 is 13.9 Å². The lowest BCUT2D eigenvalue weighted by molar-refractivity contribution is -0.127. The van der Waals surface area contributed by atoms with Gasteiger partial charge in [0, 0.05) is 43.1 Å². The zero-order valence-electron chi connectivity index (χ0n) is 22.8. The van der Waals surface area contributed by atoms with Crippen LogP contribution in [0.5, 0.6) is 5.75 Å². The number of nitriles is 1. The van der Waals surface area contributed by atoms with Crippen molar-refractivity contribution in [2.24, 2.45) is 10.2 Å². The van der Waals surface area contributed by atoms with E-state index >= 15 is 4.39 Å². The Morgan fingerprint density at radius 1 is 1.25 bits per heavy atom. The topological polar surface area (TPSA) is 134 Å². The Morgan fingerprint density at radius 2 is 2.08 bits per heavy atom. The third kappa shape index (κ3) is 5.83. The zero-order valence-corrected chi connectivity index (χ0v) is 22.8. The van der Waals surface area contributed by atoms with Crippen molar-refractivity contribution in [2.75, 3.05) is 18.4 Å². The lowest BCUT2D eigenvalue weighted by atomic mass is 10.0. The van der Waals surface area contributed by atoms with Gasteiger partial charge >= 0.3 is 0 Å². The largest absolute Gasteiger partial charge is 0.486 e. The molecule has 11 nitrogen and oxygen atoms in total. The number of rotatable bonds is 6. The van der Waals surface area contributed by atoms with E-state index in [9.17, 15) is 10.1 Å². The van der Waals surface area contributed by atoms with Crippen LogP contribution < -0.4 is 10.1 Å². The molecule has 206 valence electrons. The van der Waals surface area contributed by atoms with Crippen molar-refractivity contribution in [2.45, 2.75) is 58.4 Å². The van der Waals surface area contributed by atoms with Gasteiger partial charge in [0.05, 0.1) is 29.5 Å². The Labute approximate surface area is 231 Å². The molecule has 40 heavy (non-hydrogen) atoms. The van der Waals surface area contributed by atoms with Crippen LogP contribution in [0.25, 0.3) is 11.4 Å². The highest BCUT2D eigenvalue weighted by Crippen LogP contribution is 2.29. The number of anilines is 2. The molecule has 1 amide bonds. The highest BCUT2D eigenvalue weighted by molar-refractivity contribution is 6.43. The first-order chi connectivity index (χ1) is 19.1. The number of carbonyl (C=O) groups is 1. The van der Waals surface area contributed by atoms with Gasteiger partial charge in [-0.15, -0.1) is 5.10 Å². The highest BCUT2D eigenvalue weighted by atomic mass is 19.1. The second-order valence-corrected chi connectivity index (χ2v) is 10.8. The molecule has 0 radical (unpaired) electrons. The minimum absolute atomic E-state index is 0.107. The van der Waals surface area contributed by atoms with Crippen LogP contribution >= 0.6 is 0 Å². The molecule has 0 unspecified atom stereocenters. The van der Waals surface area contributed by atoms with Gasteiger partial charge in [0.2, 0.25) is 0 Å². The van der Waals surface area contributed by atoms with Crippen LogP contribution in [0, 0.1) is 11.3 Å². The molecular formula is C28H30FN9O2. The number of aromatic nitrogens is 4. The number of amides is 1. The highest BCUT2D eigenvalue weighted by Gasteiger charge is 2.35. The van der Waals surface area contributed by atoms with Crippen LogP contribution in [-0.2, 0) is 10.3 Å². The van der Waals surface area contributed by atoms with E-state index in [0.717, 1.165) is 11.4 Å². The fraction of sp³-hybridized carbons (Fsp3) is 0.393. The van der Waals surface area contributed by atoms with Gasteiger partial charge in [0.15, 0.2) is 12.0 Å². The number of hydrogen-bond donors (Lipinski definition) is 1. The first-order valence-corrected chi connectivity index (χ1v) is 13.0. The Kier molecular flexibility index (Phi) is 7.30. The van der Waals surface area contributed by atoms with Crippen molar-refractivity contribution in [3.05, 3.63) is 48.4 Å². The van der Waals surface area contributed by atoms with Gasteiger partial charge < -0.3 is 15.0 Å². The maximum absolute atomic E-state index is 15.1. The number of hydrogen-bond acceptors (Lipinski definition) is 9. The second-order valence-electron chi connectivity index (χ2n) is 10.8.